The van der Waals surface area contributed by atoms with Gasteiger partial charge in [0.1, 0.15) is 5.75 Å². The SMILES string of the molecule is CC(C)c1cccc(OC(=O)C(F)(F)F)c1. The minimum absolute atomic E-state index is 0.0893. The van der Waals surface area contributed by atoms with E-state index >= 15 is 0 Å². The van der Waals surface area contributed by atoms with Gasteiger partial charge in [0.25, 0.3) is 0 Å². The third-order valence-corrected chi connectivity index (χ3v) is 1.97. The van der Waals surface area contributed by atoms with Crippen molar-refractivity contribution in [2.75, 3.05) is 0 Å². The molecule has 5 heteroatoms. The molecule has 0 atom stereocenters. The fourth-order valence-electron chi connectivity index (χ4n) is 1.10. The number of hydrogen-bond donors (Lipinski definition) is 0. The van der Waals surface area contributed by atoms with Crippen LogP contribution in [0, 0.1) is 0 Å². The van der Waals surface area contributed by atoms with Gasteiger partial charge in [-0.25, -0.2) is 4.79 Å². The average Bonchev–Trinajstić information content (AvgIpc) is 2.16. The molecule has 0 saturated carbocycles. The van der Waals surface area contributed by atoms with Crippen LogP contribution in [-0.2, 0) is 4.79 Å². The molecule has 2 nitrogen and oxygen atoms in total. The summed E-state index contributed by atoms with van der Waals surface area (Å²) in [5.41, 5.74) is 0.812. The molecule has 0 amide bonds. The molecule has 0 unspecified atom stereocenters. The molecule has 0 saturated heterocycles. The smallest absolute Gasteiger partial charge is 0.420 e. The number of esters is 1. The first kappa shape index (κ1) is 12.5. The summed E-state index contributed by atoms with van der Waals surface area (Å²) in [5.74, 6) is -2.13. The summed E-state index contributed by atoms with van der Waals surface area (Å²) < 4.78 is 40.0. The van der Waals surface area contributed by atoms with Crippen LogP contribution in [0.2, 0.25) is 0 Å². The predicted octanol–water partition coefficient (Wildman–Crippen LogP) is 3.28. The topological polar surface area (TPSA) is 26.3 Å². The zero-order valence-corrected chi connectivity index (χ0v) is 8.84. The first-order valence-electron chi connectivity index (χ1n) is 4.69. The quantitative estimate of drug-likeness (QED) is 0.577. The van der Waals surface area contributed by atoms with Gasteiger partial charge in [0, 0.05) is 0 Å². The summed E-state index contributed by atoms with van der Waals surface area (Å²) in [4.78, 5) is 10.6. The van der Waals surface area contributed by atoms with Gasteiger partial charge in [-0.1, -0.05) is 26.0 Å². The Balaban J connectivity index is 2.83. The van der Waals surface area contributed by atoms with Gasteiger partial charge < -0.3 is 4.74 Å². The Labute approximate surface area is 91.0 Å². The van der Waals surface area contributed by atoms with Gasteiger partial charge in [0.15, 0.2) is 0 Å². The second-order valence-electron chi connectivity index (χ2n) is 3.61. The Hall–Kier alpha value is -1.52. The van der Waals surface area contributed by atoms with Gasteiger partial charge in [0.2, 0.25) is 0 Å². The van der Waals surface area contributed by atoms with Crippen molar-refractivity contribution in [3.8, 4) is 5.75 Å². The highest BCUT2D eigenvalue weighted by Gasteiger charge is 2.41. The van der Waals surface area contributed by atoms with Gasteiger partial charge in [-0.2, -0.15) is 13.2 Å². The minimum atomic E-state index is -4.96. The second kappa shape index (κ2) is 4.55. The van der Waals surface area contributed by atoms with Crippen LogP contribution < -0.4 is 4.74 Å². The lowest BCUT2D eigenvalue weighted by Gasteiger charge is -2.09. The highest BCUT2D eigenvalue weighted by atomic mass is 19.4. The van der Waals surface area contributed by atoms with Crippen molar-refractivity contribution in [1.29, 1.82) is 0 Å². The van der Waals surface area contributed by atoms with E-state index in [0.29, 0.717) is 0 Å². The standard InChI is InChI=1S/C11H11F3O2/c1-7(2)8-4-3-5-9(6-8)16-10(15)11(12,13)14/h3-7H,1-2H3. The molecule has 0 bridgehead atoms. The van der Waals surface area contributed by atoms with Crippen molar-refractivity contribution in [2.24, 2.45) is 0 Å². The van der Waals surface area contributed by atoms with Crippen molar-refractivity contribution in [1.82, 2.24) is 0 Å². The summed E-state index contributed by atoms with van der Waals surface area (Å²) in [6.45, 7) is 3.79. The lowest BCUT2D eigenvalue weighted by atomic mass is 10.0. The van der Waals surface area contributed by atoms with Crippen molar-refractivity contribution < 1.29 is 22.7 Å². The lowest BCUT2D eigenvalue weighted by molar-refractivity contribution is -0.189. The van der Waals surface area contributed by atoms with Crippen LogP contribution in [0.15, 0.2) is 24.3 Å². The number of carbonyl (C=O) groups is 1. The minimum Gasteiger partial charge on any atom is -0.420 e. The second-order valence-corrected chi connectivity index (χ2v) is 3.61. The molecule has 88 valence electrons. The van der Waals surface area contributed by atoms with Crippen molar-refractivity contribution >= 4 is 5.97 Å². The first-order valence-corrected chi connectivity index (χ1v) is 4.69. The summed E-state index contributed by atoms with van der Waals surface area (Å²) in [6.07, 6.45) is -4.96. The van der Waals surface area contributed by atoms with E-state index in [2.05, 4.69) is 4.74 Å². The lowest BCUT2D eigenvalue weighted by Crippen LogP contribution is -2.27. The molecule has 0 aliphatic carbocycles. The van der Waals surface area contributed by atoms with Crippen LogP contribution in [0.4, 0.5) is 13.2 Å². The molecule has 0 fully saturated rings. The number of alkyl halides is 3. The van der Waals surface area contributed by atoms with Gasteiger partial charge in [-0.05, 0) is 23.6 Å². The Morgan fingerprint density at radius 2 is 1.94 bits per heavy atom. The van der Waals surface area contributed by atoms with Crippen molar-refractivity contribution in [2.45, 2.75) is 25.9 Å². The van der Waals surface area contributed by atoms with Crippen LogP contribution in [0.25, 0.3) is 0 Å². The number of rotatable bonds is 2. The molecule has 0 spiro atoms. The molecule has 0 aliphatic heterocycles. The van der Waals surface area contributed by atoms with Crippen LogP contribution in [0.5, 0.6) is 5.75 Å². The van der Waals surface area contributed by atoms with E-state index in [9.17, 15) is 18.0 Å². The van der Waals surface area contributed by atoms with Crippen molar-refractivity contribution in [3.05, 3.63) is 29.8 Å². The Bertz CT molecular complexity index is 383. The Morgan fingerprint density at radius 1 is 1.31 bits per heavy atom. The van der Waals surface area contributed by atoms with Gasteiger partial charge in [-0.15, -0.1) is 0 Å². The maximum Gasteiger partial charge on any atom is 0.491 e. The molecule has 0 heterocycles. The third kappa shape index (κ3) is 3.25. The van der Waals surface area contributed by atoms with E-state index in [-0.39, 0.29) is 11.7 Å². The van der Waals surface area contributed by atoms with E-state index in [1.165, 1.54) is 12.1 Å². The molecule has 0 radical (unpaired) electrons. The molecule has 1 rings (SSSR count). The maximum absolute atomic E-state index is 11.9. The fraction of sp³-hybridized carbons (Fsp3) is 0.364. The van der Waals surface area contributed by atoms with E-state index in [4.69, 9.17) is 0 Å². The number of carbonyl (C=O) groups excluding carboxylic acids is 1. The van der Waals surface area contributed by atoms with E-state index in [1.807, 2.05) is 13.8 Å². The van der Waals surface area contributed by atoms with Crippen LogP contribution >= 0.6 is 0 Å². The normalized spacial score (nSPS) is 11.6. The third-order valence-electron chi connectivity index (χ3n) is 1.97. The monoisotopic (exact) mass is 232 g/mol. The molecule has 1 aromatic carbocycles. The van der Waals surface area contributed by atoms with Crippen LogP contribution in [0.3, 0.4) is 0 Å². The summed E-state index contributed by atoms with van der Waals surface area (Å²) in [7, 11) is 0. The number of hydrogen-bond acceptors (Lipinski definition) is 2. The van der Waals surface area contributed by atoms with Gasteiger partial charge in [0.05, 0.1) is 0 Å². The Kier molecular flexibility index (Phi) is 3.57. The van der Waals surface area contributed by atoms with Gasteiger partial charge in [-0.3, -0.25) is 0 Å². The highest BCUT2D eigenvalue weighted by molar-refractivity contribution is 5.78. The zero-order valence-electron chi connectivity index (χ0n) is 8.84. The van der Waals surface area contributed by atoms with E-state index in [1.54, 1.807) is 12.1 Å². The molecule has 0 N–H and O–H groups in total. The van der Waals surface area contributed by atoms with E-state index in [0.717, 1.165) is 5.56 Å². The molecular formula is C11H11F3O2. The maximum atomic E-state index is 11.9. The van der Waals surface area contributed by atoms with Crippen molar-refractivity contribution in [3.63, 3.8) is 0 Å². The largest absolute Gasteiger partial charge is 0.491 e. The van der Waals surface area contributed by atoms with E-state index < -0.39 is 12.1 Å². The summed E-state index contributed by atoms with van der Waals surface area (Å²) >= 11 is 0. The molecule has 0 aliphatic rings. The molecule has 1 aromatic rings. The summed E-state index contributed by atoms with van der Waals surface area (Å²) in [5, 5.41) is 0. The zero-order chi connectivity index (χ0) is 12.3. The number of halogens is 3. The molecule has 0 aromatic heterocycles. The molecule has 16 heavy (non-hydrogen) atoms. The van der Waals surface area contributed by atoms with Crippen LogP contribution in [-0.4, -0.2) is 12.1 Å². The average molecular weight is 232 g/mol. The molecular weight excluding hydrogens is 221 g/mol. The number of ether oxygens (including phenoxy) is 1. The first-order chi connectivity index (χ1) is 7.30. The fourth-order valence-corrected chi connectivity index (χ4v) is 1.10. The Morgan fingerprint density at radius 3 is 2.44 bits per heavy atom. The predicted molar refractivity (Wildman–Crippen MR) is 52.2 cm³/mol. The van der Waals surface area contributed by atoms with Crippen LogP contribution in [0.1, 0.15) is 25.3 Å². The van der Waals surface area contributed by atoms with Gasteiger partial charge >= 0.3 is 12.1 Å². The highest BCUT2D eigenvalue weighted by Crippen LogP contribution is 2.23. The summed E-state index contributed by atoms with van der Waals surface area (Å²) in [6, 6.07) is 6.05. The number of benzene rings is 1.